The summed E-state index contributed by atoms with van der Waals surface area (Å²) in [6.07, 6.45) is 1.33. The summed E-state index contributed by atoms with van der Waals surface area (Å²) in [6.45, 7) is 4.92. The highest BCUT2D eigenvalue weighted by Gasteiger charge is 2.25. The second-order valence-corrected chi connectivity index (χ2v) is 2.83. The lowest BCUT2D eigenvalue weighted by atomic mass is 10.2. The van der Waals surface area contributed by atoms with Crippen LogP contribution < -0.4 is 0 Å². The monoisotopic (exact) mass is 143 g/mol. The van der Waals surface area contributed by atoms with Gasteiger partial charge >= 0.3 is 0 Å². The van der Waals surface area contributed by atoms with Gasteiger partial charge < -0.3 is 4.90 Å². The van der Waals surface area contributed by atoms with E-state index in [0.717, 1.165) is 13.1 Å². The van der Waals surface area contributed by atoms with Crippen molar-refractivity contribution in [2.24, 2.45) is 0 Å². The molecule has 0 unspecified atom stereocenters. The summed E-state index contributed by atoms with van der Waals surface area (Å²) < 4.78 is 0. The molecule has 0 atom stereocenters. The molecule has 0 N–H and O–H groups in total. The van der Waals surface area contributed by atoms with Crippen molar-refractivity contribution < 1.29 is 4.79 Å². The highest BCUT2D eigenvalue weighted by Crippen LogP contribution is 2.12. The van der Waals surface area contributed by atoms with Gasteiger partial charge in [0.05, 0.1) is 0 Å². The number of nitrogens with zero attached hydrogens (tertiary/aromatic N) is 1. The molecule has 0 radical (unpaired) electrons. The van der Waals surface area contributed by atoms with Crippen molar-refractivity contribution in [2.75, 3.05) is 13.1 Å². The number of carbonyl (C=O) groups excluding carboxylic acids is 1. The third kappa shape index (κ3) is 1.27. The van der Waals surface area contributed by atoms with Crippen LogP contribution in [0.5, 0.6) is 0 Å². The summed E-state index contributed by atoms with van der Waals surface area (Å²) in [5.74, 6) is 0.0142. The SMILES string of the molecule is C=CC(=O)N1CC(S)C1. The van der Waals surface area contributed by atoms with Gasteiger partial charge in [0.15, 0.2) is 0 Å². The standard InChI is InChI=1S/C6H9NOS/c1-2-6(8)7-3-5(9)4-7/h2,5,9H,1,3-4H2. The maximum absolute atomic E-state index is 10.7. The number of carbonyl (C=O) groups is 1. The van der Waals surface area contributed by atoms with Gasteiger partial charge in [-0.2, -0.15) is 12.6 Å². The lowest BCUT2D eigenvalue weighted by Crippen LogP contribution is -2.50. The zero-order valence-corrected chi connectivity index (χ0v) is 5.97. The first-order valence-electron chi connectivity index (χ1n) is 2.83. The van der Waals surface area contributed by atoms with Crippen molar-refractivity contribution in [1.82, 2.24) is 4.90 Å². The smallest absolute Gasteiger partial charge is 0.246 e. The highest BCUT2D eigenvalue weighted by molar-refractivity contribution is 7.81. The molecule has 1 rings (SSSR count). The number of amides is 1. The molecular formula is C6H9NOS. The Morgan fingerprint density at radius 1 is 1.78 bits per heavy atom. The first-order valence-corrected chi connectivity index (χ1v) is 3.35. The summed E-state index contributed by atoms with van der Waals surface area (Å²) in [7, 11) is 0. The van der Waals surface area contributed by atoms with E-state index in [2.05, 4.69) is 19.2 Å². The van der Waals surface area contributed by atoms with Gasteiger partial charge in [0.1, 0.15) is 0 Å². The van der Waals surface area contributed by atoms with E-state index >= 15 is 0 Å². The third-order valence-electron chi connectivity index (χ3n) is 1.35. The van der Waals surface area contributed by atoms with Gasteiger partial charge in [0.2, 0.25) is 5.91 Å². The fraction of sp³-hybridized carbons (Fsp3) is 0.500. The summed E-state index contributed by atoms with van der Waals surface area (Å²) in [6, 6.07) is 0. The predicted molar refractivity (Wildman–Crippen MR) is 39.6 cm³/mol. The Kier molecular flexibility index (Phi) is 1.81. The van der Waals surface area contributed by atoms with Crippen molar-refractivity contribution in [3.05, 3.63) is 12.7 Å². The molecule has 9 heavy (non-hydrogen) atoms. The van der Waals surface area contributed by atoms with Gasteiger partial charge in [0, 0.05) is 18.3 Å². The van der Waals surface area contributed by atoms with Crippen molar-refractivity contribution in [2.45, 2.75) is 5.25 Å². The van der Waals surface area contributed by atoms with Crippen LogP contribution in [0.25, 0.3) is 0 Å². The van der Waals surface area contributed by atoms with Crippen LogP contribution in [-0.4, -0.2) is 29.1 Å². The molecular weight excluding hydrogens is 134 g/mol. The first-order chi connectivity index (χ1) is 4.24. The van der Waals surface area contributed by atoms with E-state index in [4.69, 9.17) is 0 Å². The van der Waals surface area contributed by atoms with Crippen molar-refractivity contribution >= 4 is 18.5 Å². The van der Waals surface area contributed by atoms with Crippen LogP contribution in [0.4, 0.5) is 0 Å². The zero-order chi connectivity index (χ0) is 6.85. The minimum Gasteiger partial charge on any atom is -0.337 e. The average molecular weight is 143 g/mol. The van der Waals surface area contributed by atoms with Gasteiger partial charge in [-0.3, -0.25) is 4.79 Å². The van der Waals surface area contributed by atoms with Crippen LogP contribution in [-0.2, 0) is 4.79 Å². The molecule has 1 aliphatic rings. The Balaban J connectivity index is 2.31. The molecule has 0 aliphatic carbocycles. The Hall–Kier alpha value is -0.440. The molecule has 50 valence electrons. The molecule has 1 saturated heterocycles. The van der Waals surface area contributed by atoms with Crippen LogP contribution >= 0.6 is 12.6 Å². The molecule has 2 nitrogen and oxygen atoms in total. The average Bonchev–Trinajstić information content (AvgIpc) is 1.79. The van der Waals surface area contributed by atoms with Crippen molar-refractivity contribution in [3.8, 4) is 0 Å². The fourth-order valence-electron chi connectivity index (χ4n) is 0.764. The number of thiol groups is 1. The Morgan fingerprint density at radius 2 is 2.33 bits per heavy atom. The molecule has 0 spiro atoms. The van der Waals surface area contributed by atoms with Gasteiger partial charge in [-0.25, -0.2) is 0 Å². The lowest BCUT2D eigenvalue weighted by Gasteiger charge is -2.35. The first kappa shape index (κ1) is 6.68. The molecule has 0 saturated carbocycles. The van der Waals surface area contributed by atoms with Crippen LogP contribution in [0, 0.1) is 0 Å². The summed E-state index contributed by atoms with van der Waals surface area (Å²) in [5, 5.41) is 0.383. The molecule has 1 heterocycles. The number of hydrogen-bond donors (Lipinski definition) is 1. The number of rotatable bonds is 1. The Labute approximate surface area is 59.9 Å². The number of likely N-dealkylation sites (tertiary alicyclic amines) is 1. The molecule has 0 aromatic carbocycles. The number of hydrogen-bond acceptors (Lipinski definition) is 2. The van der Waals surface area contributed by atoms with Gasteiger partial charge in [0.25, 0.3) is 0 Å². The topological polar surface area (TPSA) is 20.3 Å². The van der Waals surface area contributed by atoms with Crippen LogP contribution in [0.3, 0.4) is 0 Å². The minimum atomic E-state index is 0.0142. The Morgan fingerprint density at radius 3 is 2.67 bits per heavy atom. The van der Waals surface area contributed by atoms with Gasteiger partial charge in [-0.05, 0) is 6.08 Å². The second-order valence-electron chi connectivity index (χ2n) is 2.10. The van der Waals surface area contributed by atoms with Gasteiger partial charge in [-0.1, -0.05) is 6.58 Å². The van der Waals surface area contributed by atoms with E-state index in [1.165, 1.54) is 6.08 Å². The molecule has 1 aliphatic heterocycles. The van der Waals surface area contributed by atoms with Crippen molar-refractivity contribution in [1.29, 1.82) is 0 Å². The van der Waals surface area contributed by atoms with E-state index in [1.807, 2.05) is 0 Å². The van der Waals surface area contributed by atoms with E-state index in [1.54, 1.807) is 4.90 Å². The normalized spacial score (nSPS) is 19.0. The Bertz CT molecular complexity index is 140. The van der Waals surface area contributed by atoms with E-state index in [0.29, 0.717) is 5.25 Å². The molecule has 3 heteroatoms. The molecule has 1 fully saturated rings. The summed E-state index contributed by atoms with van der Waals surface area (Å²) >= 11 is 4.15. The minimum absolute atomic E-state index is 0.0142. The highest BCUT2D eigenvalue weighted by atomic mass is 32.1. The summed E-state index contributed by atoms with van der Waals surface area (Å²) in [4.78, 5) is 12.4. The maximum Gasteiger partial charge on any atom is 0.246 e. The summed E-state index contributed by atoms with van der Waals surface area (Å²) in [5.41, 5.74) is 0. The van der Waals surface area contributed by atoms with E-state index in [-0.39, 0.29) is 5.91 Å². The molecule has 1 amide bonds. The quantitative estimate of drug-likeness (QED) is 0.414. The molecule has 0 bridgehead atoms. The lowest BCUT2D eigenvalue weighted by molar-refractivity contribution is -0.128. The maximum atomic E-state index is 10.7. The zero-order valence-electron chi connectivity index (χ0n) is 5.08. The van der Waals surface area contributed by atoms with E-state index < -0.39 is 0 Å². The van der Waals surface area contributed by atoms with E-state index in [9.17, 15) is 4.79 Å². The van der Waals surface area contributed by atoms with Crippen molar-refractivity contribution in [3.63, 3.8) is 0 Å². The molecule has 0 aromatic heterocycles. The third-order valence-corrected chi connectivity index (χ3v) is 1.68. The van der Waals surface area contributed by atoms with Gasteiger partial charge in [-0.15, -0.1) is 0 Å². The predicted octanol–water partition coefficient (Wildman–Crippen LogP) is 0.313. The van der Waals surface area contributed by atoms with Crippen LogP contribution in [0.1, 0.15) is 0 Å². The van der Waals surface area contributed by atoms with Crippen LogP contribution in [0.15, 0.2) is 12.7 Å². The largest absolute Gasteiger partial charge is 0.337 e. The molecule has 0 aromatic rings. The second kappa shape index (κ2) is 2.43. The fourth-order valence-corrected chi connectivity index (χ4v) is 1.16. The van der Waals surface area contributed by atoms with Crippen LogP contribution in [0.2, 0.25) is 0 Å².